The number of carbonyl (C=O) groups excluding carboxylic acids is 1. The number of esters is 1. The van der Waals surface area contributed by atoms with Gasteiger partial charge in [-0.25, -0.2) is 0 Å². The molecule has 1 aliphatic heterocycles. The summed E-state index contributed by atoms with van der Waals surface area (Å²) in [4.78, 5) is 11.5. The molecule has 0 saturated carbocycles. The minimum atomic E-state index is -2.67. The number of aliphatic hydroxyl groups excluding tert-OH is 1. The van der Waals surface area contributed by atoms with Crippen molar-refractivity contribution < 1.29 is 19.1 Å². The molecule has 2 aromatic carbocycles. The van der Waals surface area contributed by atoms with Gasteiger partial charge in [0, 0.05) is 0 Å². The number of rotatable bonds is 5. The molecule has 4 nitrogen and oxygen atoms in total. The van der Waals surface area contributed by atoms with Crippen molar-refractivity contribution in [3.8, 4) is 0 Å². The van der Waals surface area contributed by atoms with E-state index in [1.807, 2.05) is 36.4 Å². The molecule has 0 aromatic heterocycles. The van der Waals surface area contributed by atoms with Crippen LogP contribution in [0.15, 0.2) is 60.7 Å². The molecule has 2 aromatic rings. The first-order chi connectivity index (χ1) is 12.3. The smallest absolute Gasteiger partial charge is 0.309 e. The number of hydrogen-bond donors (Lipinski definition) is 1. The number of carbonyl (C=O) groups is 1. The van der Waals surface area contributed by atoms with E-state index in [1.165, 1.54) is 0 Å². The number of aliphatic hydroxyl groups is 1. The Balaban J connectivity index is 2.04. The Labute approximate surface area is 155 Å². The lowest BCUT2D eigenvalue weighted by Gasteiger charge is -2.43. The lowest BCUT2D eigenvalue weighted by molar-refractivity contribution is -0.142. The van der Waals surface area contributed by atoms with Crippen LogP contribution in [0.25, 0.3) is 0 Å². The molecule has 1 heterocycles. The molecular formula is C21H26O4Si. The highest BCUT2D eigenvalue weighted by Crippen LogP contribution is 2.37. The molecule has 0 aliphatic carbocycles. The molecule has 1 fully saturated rings. The standard InChI is InChI=1S/C21H26O4Si/c1-21(2,3)26(16-10-6-4-7-11-16,17-12-8-5-9-13-17)24-15-19-18(22)14-20(23)25-19/h4-13,18-19,22H,14-15H2,1-3H3/t18-,19-/m0/s1. The molecule has 1 saturated heterocycles. The Kier molecular flexibility index (Phi) is 5.32. The molecule has 3 rings (SSSR count). The van der Waals surface area contributed by atoms with E-state index in [2.05, 4.69) is 45.0 Å². The van der Waals surface area contributed by atoms with E-state index in [0.717, 1.165) is 10.4 Å². The highest BCUT2D eigenvalue weighted by atomic mass is 28.4. The fourth-order valence-electron chi connectivity index (χ4n) is 3.71. The summed E-state index contributed by atoms with van der Waals surface area (Å²) in [6.07, 6.45) is -1.38. The van der Waals surface area contributed by atoms with Crippen LogP contribution >= 0.6 is 0 Å². The van der Waals surface area contributed by atoms with E-state index >= 15 is 0 Å². The first kappa shape index (κ1) is 18.8. The fourth-order valence-corrected chi connectivity index (χ4v) is 8.28. The summed E-state index contributed by atoms with van der Waals surface area (Å²) in [5.74, 6) is -0.367. The highest BCUT2D eigenvalue weighted by molar-refractivity contribution is 6.99. The van der Waals surface area contributed by atoms with Crippen LogP contribution in [-0.4, -0.2) is 38.2 Å². The van der Waals surface area contributed by atoms with Gasteiger partial charge in [-0.05, 0) is 15.4 Å². The Morgan fingerprint density at radius 2 is 1.54 bits per heavy atom. The van der Waals surface area contributed by atoms with Crippen molar-refractivity contribution in [3.63, 3.8) is 0 Å². The molecule has 26 heavy (non-hydrogen) atoms. The van der Waals surface area contributed by atoms with E-state index in [4.69, 9.17) is 9.16 Å². The first-order valence-electron chi connectivity index (χ1n) is 8.97. The monoisotopic (exact) mass is 370 g/mol. The van der Waals surface area contributed by atoms with Gasteiger partial charge in [0.1, 0.15) is 6.10 Å². The summed E-state index contributed by atoms with van der Waals surface area (Å²) >= 11 is 0. The predicted molar refractivity (Wildman–Crippen MR) is 104 cm³/mol. The zero-order valence-corrected chi connectivity index (χ0v) is 16.5. The Morgan fingerprint density at radius 1 is 1.04 bits per heavy atom. The second-order valence-electron chi connectivity index (χ2n) is 7.77. The molecule has 0 amide bonds. The van der Waals surface area contributed by atoms with Gasteiger partial charge < -0.3 is 14.3 Å². The quantitative estimate of drug-likeness (QED) is 0.648. The van der Waals surface area contributed by atoms with Crippen LogP contribution in [0, 0.1) is 0 Å². The van der Waals surface area contributed by atoms with Crippen molar-refractivity contribution in [1.29, 1.82) is 0 Å². The molecule has 5 heteroatoms. The minimum absolute atomic E-state index is 0.0365. The molecule has 0 unspecified atom stereocenters. The molecule has 0 spiro atoms. The first-order valence-corrected chi connectivity index (χ1v) is 10.9. The van der Waals surface area contributed by atoms with Gasteiger partial charge in [-0.2, -0.15) is 0 Å². The van der Waals surface area contributed by atoms with E-state index in [1.54, 1.807) is 0 Å². The summed E-state index contributed by atoms with van der Waals surface area (Å²) < 4.78 is 11.9. The van der Waals surface area contributed by atoms with Gasteiger partial charge >= 0.3 is 5.97 Å². The van der Waals surface area contributed by atoms with Gasteiger partial charge in [-0.1, -0.05) is 81.4 Å². The number of cyclic esters (lactones) is 1. The van der Waals surface area contributed by atoms with Crippen molar-refractivity contribution in [2.24, 2.45) is 0 Å². The maximum absolute atomic E-state index is 11.5. The van der Waals surface area contributed by atoms with Gasteiger partial charge in [-0.3, -0.25) is 4.79 Å². The summed E-state index contributed by atoms with van der Waals surface area (Å²) in [5.41, 5.74) is 0. The number of hydrogen-bond acceptors (Lipinski definition) is 4. The maximum atomic E-state index is 11.5. The lowest BCUT2D eigenvalue weighted by atomic mass is 10.2. The van der Waals surface area contributed by atoms with Crippen molar-refractivity contribution in [2.75, 3.05) is 6.61 Å². The second kappa shape index (κ2) is 7.35. The van der Waals surface area contributed by atoms with Gasteiger partial charge in [0.25, 0.3) is 8.32 Å². The van der Waals surface area contributed by atoms with Gasteiger partial charge in [0.2, 0.25) is 0 Å². The van der Waals surface area contributed by atoms with Crippen molar-refractivity contribution in [3.05, 3.63) is 60.7 Å². The SMILES string of the molecule is CC(C)(C)[Si](OC[C@@H]1OC(=O)C[C@@H]1O)(c1ccccc1)c1ccccc1. The molecular weight excluding hydrogens is 344 g/mol. The zero-order valence-electron chi connectivity index (χ0n) is 15.5. The largest absolute Gasteiger partial charge is 0.457 e. The van der Waals surface area contributed by atoms with Crippen LogP contribution < -0.4 is 10.4 Å². The lowest BCUT2D eigenvalue weighted by Crippen LogP contribution is -2.67. The molecule has 0 bridgehead atoms. The number of benzene rings is 2. The van der Waals surface area contributed by atoms with E-state index < -0.39 is 20.5 Å². The van der Waals surface area contributed by atoms with E-state index in [0.29, 0.717) is 0 Å². The average Bonchev–Trinajstić information content (AvgIpc) is 2.94. The Bertz CT molecular complexity index is 700. The third kappa shape index (κ3) is 3.47. The highest BCUT2D eigenvalue weighted by Gasteiger charge is 2.51. The van der Waals surface area contributed by atoms with E-state index in [9.17, 15) is 9.90 Å². The topological polar surface area (TPSA) is 55.8 Å². The van der Waals surface area contributed by atoms with Gasteiger partial charge in [0.15, 0.2) is 6.10 Å². The van der Waals surface area contributed by atoms with Crippen LogP contribution in [0.4, 0.5) is 0 Å². The molecule has 0 radical (unpaired) electrons. The second-order valence-corrected chi connectivity index (χ2v) is 12.1. The number of ether oxygens (including phenoxy) is 1. The maximum Gasteiger partial charge on any atom is 0.309 e. The van der Waals surface area contributed by atoms with E-state index in [-0.39, 0.29) is 24.0 Å². The van der Waals surface area contributed by atoms with Gasteiger partial charge in [-0.15, -0.1) is 0 Å². The average molecular weight is 371 g/mol. The van der Waals surface area contributed by atoms with Crippen LogP contribution in [0.5, 0.6) is 0 Å². The van der Waals surface area contributed by atoms with Crippen LogP contribution in [-0.2, 0) is 14.0 Å². The zero-order chi connectivity index (χ0) is 18.8. The Morgan fingerprint density at radius 3 is 1.92 bits per heavy atom. The van der Waals surface area contributed by atoms with Crippen LogP contribution in [0.1, 0.15) is 27.2 Å². The predicted octanol–water partition coefficient (Wildman–Crippen LogP) is 2.24. The van der Waals surface area contributed by atoms with Crippen molar-refractivity contribution >= 4 is 24.7 Å². The van der Waals surface area contributed by atoms with Crippen molar-refractivity contribution in [2.45, 2.75) is 44.4 Å². The fraction of sp³-hybridized carbons (Fsp3) is 0.381. The van der Waals surface area contributed by atoms with Crippen LogP contribution in [0.2, 0.25) is 5.04 Å². The summed E-state index contributed by atoms with van der Waals surface area (Å²) in [6, 6.07) is 20.6. The summed E-state index contributed by atoms with van der Waals surface area (Å²) in [7, 11) is -2.67. The molecule has 138 valence electrons. The Hall–Kier alpha value is -1.95. The molecule has 2 atom stereocenters. The van der Waals surface area contributed by atoms with Gasteiger partial charge in [0.05, 0.1) is 13.0 Å². The van der Waals surface area contributed by atoms with Crippen molar-refractivity contribution in [1.82, 2.24) is 0 Å². The normalized spacial score (nSPS) is 20.8. The molecule has 1 N–H and O–H groups in total. The molecule has 1 aliphatic rings. The van der Waals surface area contributed by atoms with Crippen LogP contribution in [0.3, 0.4) is 0 Å². The third-order valence-electron chi connectivity index (χ3n) is 4.97. The third-order valence-corrected chi connectivity index (χ3v) is 9.97. The minimum Gasteiger partial charge on any atom is -0.457 e. The summed E-state index contributed by atoms with van der Waals surface area (Å²) in [6.45, 7) is 6.77. The summed E-state index contributed by atoms with van der Waals surface area (Å²) in [5, 5.41) is 12.3.